The van der Waals surface area contributed by atoms with E-state index in [4.69, 9.17) is 19.7 Å². The van der Waals surface area contributed by atoms with Gasteiger partial charge in [-0.1, -0.05) is 38.1 Å². The Balaban J connectivity index is 2.28. The van der Waals surface area contributed by atoms with Gasteiger partial charge in [-0.3, -0.25) is 4.98 Å². The molecular weight excluding hydrogens is 450 g/mol. The van der Waals surface area contributed by atoms with Gasteiger partial charge in [-0.25, -0.2) is 4.79 Å². The van der Waals surface area contributed by atoms with E-state index >= 15 is 0 Å². The van der Waals surface area contributed by atoms with Crippen LogP contribution in [0, 0.1) is 30.6 Å². The smallest absolute Gasteiger partial charge is 0.340 e. The van der Waals surface area contributed by atoms with Crippen LogP contribution in [0.2, 0.25) is 0 Å². The van der Waals surface area contributed by atoms with Crippen LogP contribution in [-0.4, -0.2) is 36.3 Å². The highest BCUT2D eigenvalue weighted by Crippen LogP contribution is 2.45. The van der Waals surface area contributed by atoms with E-state index < -0.39 is 17.7 Å². The Labute approximate surface area is 216 Å². The number of ether oxygens (including phenoxy) is 2. The third-order valence-corrected chi connectivity index (χ3v) is 6.77. The van der Waals surface area contributed by atoms with Crippen LogP contribution in [0.5, 0.6) is 0 Å². The first-order valence-corrected chi connectivity index (χ1v) is 12.9. The first-order valence-electron chi connectivity index (χ1n) is 12.9. The number of carbonyl (C=O) groups is 1. The lowest BCUT2D eigenvalue weighted by Crippen LogP contribution is -2.39. The van der Waals surface area contributed by atoms with Gasteiger partial charge in [0.1, 0.15) is 0 Å². The quantitative estimate of drug-likeness (QED) is 0.413. The van der Waals surface area contributed by atoms with Crippen LogP contribution < -0.4 is 4.90 Å². The number of aryl methyl sites for hydroxylation is 2. The topological polar surface area (TPSA) is 75.5 Å². The monoisotopic (exact) mass is 491 g/mol. The Morgan fingerprint density at radius 3 is 2.28 bits per heavy atom. The second-order valence-corrected chi connectivity index (χ2v) is 11.5. The highest BCUT2D eigenvalue weighted by molar-refractivity contribution is 5.88. The first kappa shape index (κ1) is 27.7. The average Bonchev–Trinajstić information content (AvgIpc) is 2.78. The molecule has 2 heterocycles. The lowest BCUT2D eigenvalue weighted by molar-refractivity contribution is -0.166. The number of piperidine rings is 1. The number of nitriles is 1. The molecule has 36 heavy (non-hydrogen) atoms. The molecule has 1 atom stereocenters. The minimum absolute atomic E-state index is 0.273. The molecule has 0 aliphatic carbocycles. The molecule has 1 fully saturated rings. The molecular formula is C30H41N3O3. The van der Waals surface area contributed by atoms with Gasteiger partial charge < -0.3 is 14.4 Å². The number of anilines is 1. The zero-order valence-corrected chi connectivity index (χ0v) is 23.2. The third-order valence-electron chi connectivity index (χ3n) is 6.77. The summed E-state index contributed by atoms with van der Waals surface area (Å²) in [7, 11) is 0. The van der Waals surface area contributed by atoms with Crippen LogP contribution in [0.15, 0.2) is 24.3 Å². The molecule has 1 aliphatic heterocycles. The fourth-order valence-corrected chi connectivity index (χ4v) is 4.85. The molecule has 6 nitrogen and oxygen atoms in total. The second-order valence-electron chi connectivity index (χ2n) is 11.5. The molecule has 0 unspecified atom stereocenters. The average molecular weight is 492 g/mol. The van der Waals surface area contributed by atoms with Gasteiger partial charge in [0.15, 0.2) is 6.10 Å². The van der Waals surface area contributed by atoms with E-state index in [1.807, 2.05) is 53.7 Å². The normalized spacial score (nSPS) is 16.4. The number of nitrogens with zero attached hydrogens (tertiary/aromatic N) is 3. The van der Waals surface area contributed by atoms with Crippen molar-refractivity contribution in [3.05, 3.63) is 46.8 Å². The Morgan fingerprint density at radius 1 is 1.14 bits per heavy atom. The largest absolute Gasteiger partial charge is 0.464 e. The van der Waals surface area contributed by atoms with E-state index in [1.165, 1.54) is 0 Å². The van der Waals surface area contributed by atoms with Crippen LogP contribution >= 0.6 is 0 Å². The van der Waals surface area contributed by atoms with Crippen molar-refractivity contribution in [2.45, 2.75) is 86.4 Å². The van der Waals surface area contributed by atoms with Gasteiger partial charge in [0.25, 0.3) is 0 Å². The molecule has 1 aromatic heterocycles. The SMILES string of the molecule is CCOC(=O)[C@@H](OC(C)(C)C)c1c(C)nc(C)c(-c2ccc(CC#N)cc2)c1N1CCC(C)(C)CC1. The van der Waals surface area contributed by atoms with E-state index in [-0.39, 0.29) is 12.0 Å². The van der Waals surface area contributed by atoms with Crippen LogP contribution in [0.25, 0.3) is 11.1 Å². The Bertz CT molecular complexity index is 1110. The Kier molecular flexibility index (Phi) is 8.46. The second kappa shape index (κ2) is 11.0. The molecule has 0 radical (unpaired) electrons. The molecule has 6 heteroatoms. The van der Waals surface area contributed by atoms with Crippen LogP contribution in [0.1, 0.15) is 83.0 Å². The lowest BCUT2D eigenvalue weighted by atomic mass is 9.81. The van der Waals surface area contributed by atoms with Crippen molar-refractivity contribution in [1.82, 2.24) is 4.98 Å². The van der Waals surface area contributed by atoms with Crippen LogP contribution in [0.3, 0.4) is 0 Å². The maximum Gasteiger partial charge on any atom is 0.340 e. The number of aromatic nitrogens is 1. The minimum atomic E-state index is -0.889. The number of rotatable bonds is 7. The summed E-state index contributed by atoms with van der Waals surface area (Å²) in [4.78, 5) is 20.7. The minimum Gasteiger partial charge on any atom is -0.464 e. The molecule has 3 rings (SSSR count). The van der Waals surface area contributed by atoms with E-state index in [0.29, 0.717) is 6.42 Å². The van der Waals surface area contributed by atoms with Crippen molar-refractivity contribution in [2.24, 2.45) is 5.41 Å². The zero-order chi connectivity index (χ0) is 26.7. The van der Waals surface area contributed by atoms with Gasteiger partial charge in [-0.05, 0) is 70.9 Å². The molecule has 1 aromatic carbocycles. The van der Waals surface area contributed by atoms with Gasteiger partial charge >= 0.3 is 5.97 Å². The van der Waals surface area contributed by atoms with Gasteiger partial charge in [-0.15, -0.1) is 0 Å². The predicted molar refractivity (Wildman–Crippen MR) is 144 cm³/mol. The van der Waals surface area contributed by atoms with Gasteiger partial charge in [0.2, 0.25) is 0 Å². The summed E-state index contributed by atoms with van der Waals surface area (Å²) in [6, 6.07) is 10.3. The number of carbonyl (C=O) groups excluding carboxylic acids is 1. The predicted octanol–water partition coefficient (Wildman–Crippen LogP) is 6.48. The lowest BCUT2D eigenvalue weighted by Gasteiger charge is -2.41. The number of benzene rings is 1. The van der Waals surface area contributed by atoms with Crippen molar-refractivity contribution in [3.63, 3.8) is 0 Å². The summed E-state index contributed by atoms with van der Waals surface area (Å²) in [5.41, 5.74) is 6.18. The summed E-state index contributed by atoms with van der Waals surface area (Å²) in [6.07, 6.45) is 1.59. The van der Waals surface area contributed by atoms with Crippen molar-refractivity contribution in [2.75, 3.05) is 24.6 Å². The van der Waals surface area contributed by atoms with Crippen molar-refractivity contribution < 1.29 is 14.3 Å². The fourth-order valence-electron chi connectivity index (χ4n) is 4.85. The number of esters is 1. The summed E-state index contributed by atoms with van der Waals surface area (Å²) < 4.78 is 11.9. The van der Waals surface area contributed by atoms with Crippen LogP contribution in [-0.2, 0) is 20.7 Å². The summed E-state index contributed by atoms with van der Waals surface area (Å²) in [5, 5.41) is 9.10. The molecule has 0 bridgehead atoms. The molecule has 1 saturated heterocycles. The first-order chi connectivity index (χ1) is 16.9. The Hall–Kier alpha value is -2.91. The molecule has 2 aromatic rings. The molecule has 1 aliphatic rings. The fraction of sp³-hybridized carbons (Fsp3) is 0.567. The van der Waals surface area contributed by atoms with Gasteiger partial charge in [0, 0.05) is 35.6 Å². The number of hydrogen-bond acceptors (Lipinski definition) is 6. The highest BCUT2D eigenvalue weighted by atomic mass is 16.6. The number of hydrogen-bond donors (Lipinski definition) is 0. The standard InChI is InChI=1S/C30H41N3O3/c1-9-35-28(34)27(36-29(4,5)6)25-21(3)32-20(2)24(23-12-10-22(11-13-23)14-17-31)26(25)33-18-15-30(7,8)16-19-33/h10-13,27H,9,14-16,18-19H2,1-8H3/t27-/m0/s1. The van der Waals surface area contributed by atoms with E-state index in [1.54, 1.807) is 0 Å². The molecule has 0 saturated carbocycles. The molecule has 0 N–H and O–H groups in total. The van der Waals surface area contributed by atoms with Crippen molar-refractivity contribution >= 4 is 11.7 Å². The van der Waals surface area contributed by atoms with Gasteiger partial charge in [-0.2, -0.15) is 5.26 Å². The molecule has 0 spiro atoms. The van der Waals surface area contributed by atoms with E-state index in [9.17, 15) is 4.79 Å². The third kappa shape index (κ3) is 6.44. The summed E-state index contributed by atoms with van der Waals surface area (Å²) in [5.74, 6) is -0.393. The van der Waals surface area contributed by atoms with E-state index in [2.05, 4.69) is 36.9 Å². The zero-order valence-electron chi connectivity index (χ0n) is 23.2. The van der Waals surface area contributed by atoms with E-state index in [0.717, 1.165) is 65.3 Å². The molecule has 0 amide bonds. The maximum atomic E-state index is 13.3. The van der Waals surface area contributed by atoms with Gasteiger partial charge in [0.05, 0.1) is 30.4 Å². The Morgan fingerprint density at radius 2 is 1.75 bits per heavy atom. The number of pyridine rings is 1. The molecule has 194 valence electrons. The summed E-state index contributed by atoms with van der Waals surface area (Å²) in [6.45, 7) is 18.3. The van der Waals surface area contributed by atoms with Crippen LogP contribution in [0.4, 0.5) is 5.69 Å². The highest BCUT2D eigenvalue weighted by Gasteiger charge is 2.37. The maximum absolute atomic E-state index is 13.3. The summed E-state index contributed by atoms with van der Waals surface area (Å²) >= 11 is 0. The van der Waals surface area contributed by atoms with Crippen molar-refractivity contribution in [3.8, 4) is 17.2 Å². The van der Waals surface area contributed by atoms with Crippen molar-refractivity contribution in [1.29, 1.82) is 5.26 Å².